The molecular weight excluding hydrogens is 338 g/mol. The fourth-order valence-corrected chi connectivity index (χ4v) is 4.87. The summed E-state index contributed by atoms with van der Waals surface area (Å²) in [4.78, 5) is 25.6. The van der Waals surface area contributed by atoms with Gasteiger partial charge in [0.15, 0.2) is 17.2 Å². The van der Waals surface area contributed by atoms with E-state index in [1.165, 1.54) is 13.2 Å². The molecule has 5 nitrogen and oxygen atoms in total. The monoisotopic (exact) mass is 356 g/mol. The van der Waals surface area contributed by atoms with Crippen LogP contribution in [0.5, 0.6) is 0 Å². The van der Waals surface area contributed by atoms with Crippen LogP contribution in [0.1, 0.15) is 18.4 Å². The fourth-order valence-electron chi connectivity index (χ4n) is 3.64. The molecule has 2 N–H and O–H groups in total. The first-order valence-electron chi connectivity index (χ1n) is 7.65. The summed E-state index contributed by atoms with van der Waals surface area (Å²) < 4.78 is 34.1. The first-order valence-corrected chi connectivity index (χ1v) is 8.80. The van der Waals surface area contributed by atoms with Gasteiger partial charge in [0.25, 0.3) is 5.91 Å². The Kier molecular flexibility index (Phi) is 4.52. The Morgan fingerprint density at radius 1 is 1.50 bits per heavy atom. The zero-order valence-corrected chi connectivity index (χ0v) is 14.0. The van der Waals surface area contributed by atoms with E-state index in [-0.39, 0.29) is 17.2 Å². The summed E-state index contributed by atoms with van der Waals surface area (Å²) in [5.41, 5.74) is 3.63. The first kappa shape index (κ1) is 17.2. The number of carbonyl (C=O) groups excluding carboxylic acids is 2. The molecule has 0 aliphatic carbocycles. The summed E-state index contributed by atoms with van der Waals surface area (Å²) in [6.07, 6.45) is 1.52. The van der Waals surface area contributed by atoms with E-state index in [2.05, 4.69) is 0 Å². The van der Waals surface area contributed by atoms with Crippen molar-refractivity contribution in [2.75, 3.05) is 30.1 Å². The standard InChI is InChI=1S/C16H18F2N2O3S/c1-23-16(9-3-2-6-24-8-9)13-11(5-4-10(17)14(13)18)20(15(16)22)7-12(19)21/h4-5,9H,2-3,6-8H2,1H3,(H2,19,21)/t9-,16-/m1/s1. The van der Waals surface area contributed by atoms with E-state index in [9.17, 15) is 18.4 Å². The maximum absolute atomic E-state index is 14.7. The van der Waals surface area contributed by atoms with Crippen molar-refractivity contribution in [3.8, 4) is 0 Å². The van der Waals surface area contributed by atoms with Crippen molar-refractivity contribution in [2.24, 2.45) is 11.7 Å². The Bertz CT molecular complexity index is 694. The van der Waals surface area contributed by atoms with Crippen molar-refractivity contribution in [1.82, 2.24) is 0 Å². The van der Waals surface area contributed by atoms with Crippen LogP contribution in [0.4, 0.5) is 14.5 Å². The molecule has 2 atom stereocenters. The Labute approximate surface area is 142 Å². The largest absolute Gasteiger partial charge is 0.368 e. The lowest BCUT2D eigenvalue weighted by molar-refractivity contribution is -0.147. The van der Waals surface area contributed by atoms with Gasteiger partial charge in [0.1, 0.15) is 6.54 Å². The van der Waals surface area contributed by atoms with Gasteiger partial charge in [-0.3, -0.25) is 14.5 Å². The van der Waals surface area contributed by atoms with Gasteiger partial charge >= 0.3 is 0 Å². The molecule has 0 unspecified atom stereocenters. The summed E-state index contributed by atoms with van der Waals surface area (Å²) in [7, 11) is 1.32. The molecule has 0 saturated carbocycles. The van der Waals surface area contributed by atoms with E-state index in [1.807, 2.05) is 0 Å². The number of nitrogens with zero attached hydrogens (tertiary/aromatic N) is 1. The molecule has 1 saturated heterocycles. The van der Waals surface area contributed by atoms with Gasteiger partial charge in [0, 0.05) is 13.0 Å². The second-order valence-electron chi connectivity index (χ2n) is 5.97. The van der Waals surface area contributed by atoms with Gasteiger partial charge in [0.2, 0.25) is 5.91 Å². The highest BCUT2D eigenvalue weighted by Gasteiger charge is 2.58. The number of rotatable bonds is 4. The van der Waals surface area contributed by atoms with Gasteiger partial charge in [-0.25, -0.2) is 8.78 Å². The molecule has 1 aromatic carbocycles. The zero-order valence-electron chi connectivity index (χ0n) is 13.2. The summed E-state index contributed by atoms with van der Waals surface area (Å²) >= 11 is 1.65. The van der Waals surface area contributed by atoms with Gasteiger partial charge in [-0.05, 0) is 36.5 Å². The van der Waals surface area contributed by atoms with E-state index >= 15 is 0 Å². The molecule has 0 aromatic heterocycles. The number of methoxy groups -OCH3 is 1. The maximum atomic E-state index is 14.7. The summed E-state index contributed by atoms with van der Waals surface area (Å²) in [5, 5.41) is 0. The highest BCUT2D eigenvalue weighted by Crippen LogP contribution is 2.51. The van der Waals surface area contributed by atoms with E-state index in [0.717, 1.165) is 23.1 Å². The molecular formula is C16H18F2N2O3S. The third-order valence-electron chi connectivity index (χ3n) is 4.67. The van der Waals surface area contributed by atoms with Crippen molar-refractivity contribution < 1.29 is 23.1 Å². The van der Waals surface area contributed by atoms with Crippen LogP contribution in [-0.2, 0) is 19.9 Å². The third kappa shape index (κ3) is 2.39. The van der Waals surface area contributed by atoms with Crippen LogP contribution in [0, 0.1) is 17.6 Å². The summed E-state index contributed by atoms with van der Waals surface area (Å²) in [6.45, 7) is -0.401. The number of hydrogen-bond donors (Lipinski definition) is 1. The third-order valence-corrected chi connectivity index (χ3v) is 5.88. The van der Waals surface area contributed by atoms with Crippen LogP contribution in [0.2, 0.25) is 0 Å². The molecule has 0 radical (unpaired) electrons. The van der Waals surface area contributed by atoms with Gasteiger partial charge in [-0.1, -0.05) is 0 Å². The van der Waals surface area contributed by atoms with E-state index in [1.54, 1.807) is 11.8 Å². The molecule has 2 amide bonds. The zero-order chi connectivity index (χ0) is 17.5. The van der Waals surface area contributed by atoms with Gasteiger partial charge in [-0.15, -0.1) is 0 Å². The average molecular weight is 356 g/mol. The van der Waals surface area contributed by atoms with Crippen LogP contribution in [0.25, 0.3) is 0 Å². The lowest BCUT2D eigenvalue weighted by Crippen LogP contribution is -2.50. The first-order chi connectivity index (χ1) is 11.4. The van der Waals surface area contributed by atoms with Crippen molar-refractivity contribution in [3.05, 3.63) is 29.3 Å². The Morgan fingerprint density at radius 3 is 2.83 bits per heavy atom. The highest BCUT2D eigenvalue weighted by atomic mass is 32.2. The predicted molar refractivity (Wildman–Crippen MR) is 86.6 cm³/mol. The summed E-state index contributed by atoms with van der Waals surface area (Å²) in [5.74, 6) is -2.20. The molecule has 1 aromatic rings. The smallest absolute Gasteiger partial charge is 0.264 e. The molecule has 1 fully saturated rings. The number of benzene rings is 1. The van der Waals surface area contributed by atoms with E-state index in [0.29, 0.717) is 12.2 Å². The van der Waals surface area contributed by atoms with Gasteiger partial charge in [0.05, 0.1) is 11.3 Å². The minimum atomic E-state index is -1.62. The number of ether oxygens (including phenoxy) is 1. The van der Waals surface area contributed by atoms with Crippen molar-refractivity contribution >= 4 is 29.3 Å². The van der Waals surface area contributed by atoms with Crippen LogP contribution in [-0.4, -0.2) is 37.0 Å². The minimum absolute atomic E-state index is 0.122. The SMILES string of the molecule is CO[C@@]1([C@@H]2CCCSC2)C(=O)N(CC(N)=O)c2ccc(F)c(F)c21. The molecule has 2 aliphatic heterocycles. The number of carbonyl (C=O) groups is 2. The molecule has 8 heteroatoms. The lowest BCUT2D eigenvalue weighted by atomic mass is 9.80. The number of primary amides is 1. The quantitative estimate of drug-likeness (QED) is 0.893. The topological polar surface area (TPSA) is 72.6 Å². The lowest BCUT2D eigenvalue weighted by Gasteiger charge is -2.37. The Morgan fingerprint density at radius 2 is 2.25 bits per heavy atom. The Hall–Kier alpha value is -1.67. The maximum Gasteiger partial charge on any atom is 0.264 e. The minimum Gasteiger partial charge on any atom is -0.368 e. The highest BCUT2D eigenvalue weighted by molar-refractivity contribution is 7.99. The normalized spacial score (nSPS) is 26.5. The molecule has 3 rings (SSSR count). The molecule has 130 valence electrons. The van der Waals surface area contributed by atoms with E-state index < -0.39 is 35.6 Å². The number of nitrogens with two attached hydrogens (primary N) is 1. The van der Waals surface area contributed by atoms with Crippen molar-refractivity contribution in [3.63, 3.8) is 0 Å². The fraction of sp³-hybridized carbons (Fsp3) is 0.500. The summed E-state index contributed by atoms with van der Waals surface area (Å²) in [6, 6.07) is 2.24. The Balaban J connectivity index is 2.20. The number of anilines is 1. The number of thioether (sulfide) groups is 1. The van der Waals surface area contributed by atoms with E-state index in [4.69, 9.17) is 10.5 Å². The van der Waals surface area contributed by atoms with Crippen LogP contribution < -0.4 is 10.6 Å². The number of amides is 2. The van der Waals surface area contributed by atoms with Crippen molar-refractivity contribution in [1.29, 1.82) is 0 Å². The number of hydrogen-bond acceptors (Lipinski definition) is 4. The second kappa shape index (κ2) is 6.33. The molecule has 0 bridgehead atoms. The van der Waals surface area contributed by atoms with Gasteiger partial charge < -0.3 is 10.5 Å². The van der Waals surface area contributed by atoms with Crippen LogP contribution in [0.15, 0.2) is 12.1 Å². The van der Waals surface area contributed by atoms with Crippen molar-refractivity contribution in [2.45, 2.75) is 18.4 Å². The second-order valence-corrected chi connectivity index (χ2v) is 7.12. The predicted octanol–water partition coefficient (Wildman–Crippen LogP) is 1.78. The van der Waals surface area contributed by atoms with Gasteiger partial charge in [-0.2, -0.15) is 11.8 Å². The molecule has 24 heavy (non-hydrogen) atoms. The number of fused-ring (bicyclic) bond motifs is 1. The average Bonchev–Trinajstić information content (AvgIpc) is 2.81. The van der Waals surface area contributed by atoms with Crippen LogP contribution >= 0.6 is 11.8 Å². The molecule has 0 spiro atoms. The number of halogens is 2. The molecule has 2 aliphatic rings. The van der Waals surface area contributed by atoms with Crippen LogP contribution in [0.3, 0.4) is 0 Å². The molecule has 2 heterocycles.